The molecule has 1 aliphatic rings. The number of aliphatic hydroxyl groups excluding tert-OH is 1. The predicted octanol–water partition coefficient (Wildman–Crippen LogP) is 6.66. The zero-order valence-electron chi connectivity index (χ0n) is 20.5. The van der Waals surface area contributed by atoms with Gasteiger partial charge in [0.2, 0.25) is 5.91 Å². The summed E-state index contributed by atoms with van der Waals surface area (Å²) in [7, 11) is 0. The van der Waals surface area contributed by atoms with Crippen molar-refractivity contribution in [2.24, 2.45) is 5.92 Å². The molecule has 1 saturated heterocycles. The first-order chi connectivity index (χ1) is 15.3. The quantitative estimate of drug-likeness (QED) is 0.161. The molecule has 0 spiro atoms. The van der Waals surface area contributed by atoms with Gasteiger partial charge in [0, 0.05) is 32.7 Å². The molecule has 0 bridgehead atoms. The van der Waals surface area contributed by atoms with Crippen LogP contribution in [0.3, 0.4) is 0 Å². The van der Waals surface area contributed by atoms with Crippen molar-refractivity contribution in [3.63, 3.8) is 0 Å². The van der Waals surface area contributed by atoms with E-state index in [2.05, 4.69) is 19.1 Å². The summed E-state index contributed by atoms with van der Waals surface area (Å²) in [6.45, 7) is 5.62. The molecule has 0 radical (unpaired) electrons. The van der Waals surface area contributed by atoms with Gasteiger partial charge in [-0.3, -0.25) is 4.79 Å². The monoisotopic (exact) mass is 437 g/mol. The van der Waals surface area contributed by atoms with Crippen LogP contribution in [0.2, 0.25) is 0 Å². The Morgan fingerprint density at radius 1 is 0.903 bits per heavy atom. The van der Waals surface area contributed by atoms with Crippen molar-refractivity contribution < 1.29 is 14.6 Å². The van der Waals surface area contributed by atoms with Crippen molar-refractivity contribution in [2.75, 3.05) is 32.9 Å². The number of rotatable bonds is 21. The van der Waals surface area contributed by atoms with E-state index in [4.69, 9.17) is 9.84 Å². The molecule has 1 rings (SSSR count). The van der Waals surface area contributed by atoms with Gasteiger partial charge in [0.05, 0.1) is 6.61 Å². The second-order valence-corrected chi connectivity index (χ2v) is 9.31. The maximum absolute atomic E-state index is 11.8. The molecule has 0 aromatic heterocycles. The fraction of sp³-hybridized carbons (Fsp3) is 0.889. The van der Waals surface area contributed by atoms with Gasteiger partial charge < -0.3 is 14.7 Å². The average Bonchev–Trinajstić information content (AvgIpc) is 3.25. The van der Waals surface area contributed by atoms with E-state index in [9.17, 15) is 4.79 Å². The lowest BCUT2D eigenvalue weighted by molar-refractivity contribution is -0.130. The van der Waals surface area contributed by atoms with Crippen molar-refractivity contribution in [3.8, 4) is 0 Å². The number of nitrogens with zero attached hydrogens (tertiary/aromatic N) is 1. The molecule has 4 nitrogen and oxygen atoms in total. The lowest BCUT2D eigenvalue weighted by Gasteiger charge is -2.16. The van der Waals surface area contributed by atoms with Crippen LogP contribution >= 0.6 is 0 Å². The highest BCUT2D eigenvalue weighted by molar-refractivity contribution is 5.76. The van der Waals surface area contributed by atoms with E-state index in [1.54, 1.807) is 0 Å². The van der Waals surface area contributed by atoms with E-state index in [1.165, 1.54) is 89.9 Å². The molecule has 1 atom stereocenters. The van der Waals surface area contributed by atoms with Crippen LogP contribution < -0.4 is 0 Å². The first kappa shape index (κ1) is 28.2. The molecule has 0 aromatic rings. The molecule has 182 valence electrons. The van der Waals surface area contributed by atoms with E-state index < -0.39 is 0 Å². The van der Waals surface area contributed by atoms with Crippen LogP contribution in [0.25, 0.3) is 0 Å². The second kappa shape index (κ2) is 21.0. The molecule has 1 heterocycles. The normalized spacial score (nSPS) is 16.6. The standard InChI is InChI=1S/C27H51NO3/c1-2-3-4-5-6-7-8-9-10-11-12-13-14-15-16-17-23-31-24-20-26-18-21-28(25-26)27(30)19-22-29/h9-10,26,29H,2-8,11-25H2,1H3/b10-9-. The van der Waals surface area contributed by atoms with Crippen LogP contribution in [-0.2, 0) is 9.53 Å². The van der Waals surface area contributed by atoms with Crippen LogP contribution in [0, 0.1) is 5.92 Å². The Bertz CT molecular complexity index is 438. The highest BCUT2D eigenvalue weighted by Crippen LogP contribution is 2.20. The summed E-state index contributed by atoms with van der Waals surface area (Å²) in [6, 6.07) is 0. The fourth-order valence-corrected chi connectivity index (χ4v) is 4.35. The topological polar surface area (TPSA) is 49.8 Å². The lowest BCUT2D eigenvalue weighted by atomic mass is 10.1. The summed E-state index contributed by atoms with van der Waals surface area (Å²) in [5.74, 6) is 0.664. The van der Waals surface area contributed by atoms with Crippen molar-refractivity contribution >= 4 is 5.91 Å². The minimum absolute atomic E-state index is 0.0422. The van der Waals surface area contributed by atoms with Gasteiger partial charge in [0.1, 0.15) is 0 Å². The number of hydrogen-bond acceptors (Lipinski definition) is 3. The van der Waals surface area contributed by atoms with Crippen molar-refractivity contribution in [1.29, 1.82) is 0 Å². The summed E-state index contributed by atoms with van der Waals surface area (Å²) >= 11 is 0. The summed E-state index contributed by atoms with van der Waals surface area (Å²) in [5, 5.41) is 8.87. The van der Waals surface area contributed by atoms with Crippen molar-refractivity contribution in [2.45, 2.75) is 116 Å². The van der Waals surface area contributed by atoms with Gasteiger partial charge in [0.25, 0.3) is 0 Å². The number of hydrogen-bond donors (Lipinski definition) is 1. The second-order valence-electron chi connectivity index (χ2n) is 9.31. The van der Waals surface area contributed by atoms with Crippen LogP contribution in [0.5, 0.6) is 0 Å². The summed E-state index contributed by atoms with van der Waals surface area (Å²) < 4.78 is 5.81. The van der Waals surface area contributed by atoms with E-state index in [0.717, 1.165) is 39.1 Å². The Morgan fingerprint density at radius 3 is 2.16 bits per heavy atom. The summed E-state index contributed by atoms with van der Waals surface area (Å²) in [4.78, 5) is 13.7. The zero-order valence-corrected chi connectivity index (χ0v) is 20.5. The Hall–Kier alpha value is -0.870. The van der Waals surface area contributed by atoms with Crippen LogP contribution in [0.15, 0.2) is 12.2 Å². The number of carbonyl (C=O) groups is 1. The highest BCUT2D eigenvalue weighted by Gasteiger charge is 2.25. The molecule has 1 unspecified atom stereocenters. The average molecular weight is 438 g/mol. The molecule has 1 fully saturated rings. The Balaban J connectivity index is 1.76. The van der Waals surface area contributed by atoms with Gasteiger partial charge in [-0.2, -0.15) is 0 Å². The molecule has 31 heavy (non-hydrogen) atoms. The summed E-state index contributed by atoms with van der Waals surface area (Å²) in [6.07, 6.45) is 25.9. The fourth-order valence-electron chi connectivity index (χ4n) is 4.35. The van der Waals surface area contributed by atoms with Gasteiger partial charge in [-0.15, -0.1) is 0 Å². The summed E-state index contributed by atoms with van der Waals surface area (Å²) in [5.41, 5.74) is 0. The number of ether oxygens (including phenoxy) is 1. The van der Waals surface area contributed by atoms with Gasteiger partial charge in [-0.25, -0.2) is 0 Å². The molecule has 4 heteroatoms. The SMILES string of the molecule is CCCCCCCC/C=C\CCCCCCCCOCCC1CCN(C(=O)CCO)C1. The number of aliphatic hydroxyl groups is 1. The Labute approximate surface area is 192 Å². The largest absolute Gasteiger partial charge is 0.396 e. The molecule has 1 amide bonds. The molecule has 1 aliphatic heterocycles. The smallest absolute Gasteiger partial charge is 0.224 e. The molecule has 0 saturated carbocycles. The first-order valence-electron chi connectivity index (χ1n) is 13.4. The zero-order chi connectivity index (χ0) is 22.4. The molecule has 1 N–H and O–H groups in total. The highest BCUT2D eigenvalue weighted by atomic mass is 16.5. The van der Waals surface area contributed by atoms with Crippen LogP contribution in [0.1, 0.15) is 116 Å². The van der Waals surface area contributed by atoms with E-state index in [-0.39, 0.29) is 18.9 Å². The van der Waals surface area contributed by atoms with Gasteiger partial charge in [-0.05, 0) is 50.9 Å². The van der Waals surface area contributed by atoms with Crippen LogP contribution in [-0.4, -0.2) is 48.8 Å². The number of carbonyl (C=O) groups excluding carboxylic acids is 1. The van der Waals surface area contributed by atoms with Gasteiger partial charge in [0.15, 0.2) is 0 Å². The van der Waals surface area contributed by atoms with Crippen molar-refractivity contribution in [3.05, 3.63) is 12.2 Å². The van der Waals surface area contributed by atoms with Crippen molar-refractivity contribution in [1.82, 2.24) is 4.90 Å². The first-order valence-corrected chi connectivity index (χ1v) is 13.4. The van der Waals surface area contributed by atoms with Gasteiger partial charge in [-0.1, -0.05) is 76.9 Å². The predicted molar refractivity (Wildman–Crippen MR) is 131 cm³/mol. The minimum Gasteiger partial charge on any atom is -0.396 e. The Kier molecular flexibility index (Phi) is 19.1. The van der Waals surface area contributed by atoms with E-state index in [0.29, 0.717) is 5.92 Å². The van der Waals surface area contributed by atoms with Gasteiger partial charge >= 0.3 is 0 Å². The maximum Gasteiger partial charge on any atom is 0.224 e. The third-order valence-electron chi connectivity index (χ3n) is 6.44. The van der Waals surface area contributed by atoms with E-state index >= 15 is 0 Å². The molecular formula is C27H51NO3. The molecule has 0 aliphatic carbocycles. The van der Waals surface area contributed by atoms with E-state index in [1.807, 2.05) is 4.90 Å². The molecule has 0 aromatic carbocycles. The molecular weight excluding hydrogens is 386 g/mol. The van der Waals surface area contributed by atoms with Crippen LogP contribution in [0.4, 0.5) is 0 Å². The minimum atomic E-state index is -0.0422. The number of allylic oxidation sites excluding steroid dienone is 2. The number of likely N-dealkylation sites (tertiary alicyclic amines) is 1. The third-order valence-corrected chi connectivity index (χ3v) is 6.44. The number of unbranched alkanes of at least 4 members (excludes halogenated alkanes) is 12. The maximum atomic E-state index is 11.8. The lowest BCUT2D eigenvalue weighted by Crippen LogP contribution is -2.29. The third kappa shape index (κ3) is 16.4. The Morgan fingerprint density at radius 2 is 1.52 bits per heavy atom. The number of amides is 1.